The molecule has 3 rings (SSSR count). The highest BCUT2D eigenvalue weighted by Gasteiger charge is 2.33. The standard InChI is InChI=1S/C13H6Cl2N4O5/c14-4-1-6(15)10(7(2-4)19(23)24)18-8(20)3-5-9(11(18)16)13(22)17-12(5)21/h1-3H,16H2,(H,17,21,22). The Balaban J connectivity index is 2.44. The van der Waals surface area contributed by atoms with E-state index in [9.17, 15) is 24.5 Å². The second-order valence-corrected chi connectivity index (χ2v) is 5.63. The highest BCUT2D eigenvalue weighted by atomic mass is 35.5. The van der Waals surface area contributed by atoms with Crippen molar-refractivity contribution in [1.29, 1.82) is 0 Å². The molecule has 1 aromatic carbocycles. The van der Waals surface area contributed by atoms with Gasteiger partial charge in [-0.25, -0.2) is 0 Å². The van der Waals surface area contributed by atoms with E-state index in [-0.39, 0.29) is 26.9 Å². The van der Waals surface area contributed by atoms with Crippen molar-refractivity contribution in [2.24, 2.45) is 0 Å². The number of nitrogens with one attached hydrogen (secondary N) is 1. The number of pyridine rings is 1. The Morgan fingerprint density at radius 3 is 2.42 bits per heavy atom. The number of imide groups is 1. The van der Waals surface area contributed by atoms with Gasteiger partial charge in [0.25, 0.3) is 23.1 Å². The van der Waals surface area contributed by atoms with Gasteiger partial charge in [-0.05, 0) is 6.07 Å². The van der Waals surface area contributed by atoms with Crippen LogP contribution in [0.5, 0.6) is 0 Å². The van der Waals surface area contributed by atoms with E-state index in [0.29, 0.717) is 4.57 Å². The summed E-state index contributed by atoms with van der Waals surface area (Å²) in [7, 11) is 0. The Morgan fingerprint density at radius 2 is 1.79 bits per heavy atom. The number of amides is 2. The summed E-state index contributed by atoms with van der Waals surface area (Å²) in [5, 5.41) is 13.0. The molecule has 3 N–H and O–H groups in total. The van der Waals surface area contributed by atoms with Crippen molar-refractivity contribution in [2.75, 3.05) is 5.73 Å². The third-order valence-electron chi connectivity index (χ3n) is 3.38. The van der Waals surface area contributed by atoms with Gasteiger partial charge in [0.15, 0.2) is 0 Å². The summed E-state index contributed by atoms with van der Waals surface area (Å²) in [6.45, 7) is 0. The fraction of sp³-hybridized carbons (Fsp3) is 0. The minimum Gasteiger partial charge on any atom is -0.384 e. The zero-order valence-electron chi connectivity index (χ0n) is 11.5. The predicted octanol–water partition coefficient (Wildman–Crippen LogP) is 1.52. The number of hydrogen-bond donors (Lipinski definition) is 2. The number of fused-ring (bicyclic) bond motifs is 1. The summed E-state index contributed by atoms with van der Waals surface area (Å²) in [5.74, 6) is -2.02. The normalized spacial score (nSPS) is 12.9. The Kier molecular flexibility index (Phi) is 3.54. The number of rotatable bonds is 2. The number of nitro benzene ring substituents is 1. The topological polar surface area (TPSA) is 137 Å². The number of nitrogens with zero attached hydrogens (tertiary/aromatic N) is 2. The van der Waals surface area contributed by atoms with Gasteiger partial charge >= 0.3 is 0 Å². The molecule has 0 fully saturated rings. The maximum absolute atomic E-state index is 12.3. The van der Waals surface area contributed by atoms with E-state index in [0.717, 1.165) is 12.1 Å². The number of carbonyl (C=O) groups excluding carboxylic acids is 2. The number of nitro groups is 1. The number of carbonyl (C=O) groups is 2. The fourth-order valence-electron chi connectivity index (χ4n) is 2.42. The van der Waals surface area contributed by atoms with Crippen LogP contribution in [-0.2, 0) is 0 Å². The van der Waals surface area contributed by atoms with E-state index in [1.165, 1.54) is 6.07 Å². The molecule has 11 heteroatoms. The summed E-state index contributed by atoms with van der Waals surface area (Å²) in [5.41, 5.74) is 3.60. The van der Waals surface area contributed by atoms with Gasteiger partial charge in [0.2, 0.25) is 0 Å². The molecule has 2 aromatic rings. The molecule has 0 unspecified atom stereocenters. The zero-order valence-corrected chi connectivity index (χ0v) is 13.0. The number of hydrogen-bond acceptors (Lipinski definition) is 6. The molecule has 9 nitrogen and oxygen atoms in total. The van der Waals surface area contributed by atoms with Crippen LogP contribution in [-0.4, -0.2) is 21.3 Å². The van der Waals surface area contributed by atoms with E-state index in [4.69, 9.17) is 28.9 Å². The first-order chi connectivity index (χ1) is 11.2. The molecule has 122 valence electrons. The first-order valence-electron chi connectivity index (χ1n) is 6.27. The molecule has 1 aliphatic heterocycles. The van der Waals surface area contributed by atoms with Crippen LogP contribution < -0.4 is 16.6 Å². The van der Waals surface area contributed by atoms with Gasteiger partial charge in [0, 0.05) is 17.2 Å². The average Bonchev–Trinajstić information content (AvgIpc) is 2.75. The van der Waals surface area contributed by atoms with Crippen LogP contribution in [0.25, 0.3) is 5.69 Å². The van der Waals surface area contributed by atoms with Crippen LogP contribution in [0, 0.1) is 10.1 Å². The molecule has 0 spiro atoms. The number of nitrogens with two attached hydrogens (primary N) is 1. The van der Waals surface area contributed by atoms with E-state index >= 15 is 0 Å². The number of benzene rings is 1. The molecule has 0 radical (unpaired) electrons. The minimum atomic E-state index is -0.858. The maximum Gasteiger partial charge on any atom is 0.296 e. The van der Waals surface area contributed by atoms with Crippen molar-refractivity contribution in [3.05, 3.63) is 59.8 Å². The molecule has 2 heterocycles. The van der Waals surface area contributed by atoms with E-state index in [1.807, 2.05) is 5.32 Å². The van der Waals surface area contributed by atoms with E-state index < -0.39 is 33.8 Å². The van der Waals surface area contributed by atoms with E-state index in [1.54, 1.807) is 0 Å². The van der Waals surface area contributed by atoms with Crippen LogP contribution >= 0.6 is 23.2 Å². The zero-order chi connectivity index (χ0) is 17.8. The van der Waals surface area contributed by atoms with Crippen molar-refractivity contribution in [3.8, 4) is 5.69 Å². The van der Waals surface area contributed by atoms with Gasteiger partial charge in [-0.1, -0.05) is 23.2 Å². The second-order valence-electron chi connectivity index (χ2n) is 4.79. The predicted molar refractivity (Wildman–Crippen MR) is 84.9 cm³/mol. The molecule has 0 saturated heterocycles. The number of nitrogen functional groups attached to an aromatic ring is 1. The van der Waals surface area contributed by atoms with Gasteiger partial charge in [-0.3, -0.25) is 34.4 Å². The van der Waals surface area contributed by atoms with E-state index in [2.05, 4.69) is 0 Å². The molecule has 1 aromatic heterocycles. The molecule has 1 aliphatic rings. The number of anilines is 1. The van der Waals surface area contributed by atoms with Crippen molar-refractivity contribution < 1.29 is 14.5 Å². The van der Waals surface area contributed by atoms with Gasteiger partial charge in [-0.2, -0.15) is 0 Å². The van der Waals surface area contributed by atoms with Gasteiger partial charge in [0.1, 0.15) is 11.5 Å². The minimum absolute atomic E-state index is 0.0175. The number of aromatic nitrogens is 1. The first kappa shape index (κ1) is 16.0. The lowest BCUT2D eigenvalue weighted by Crippen LogP contribution is -2.25. The van der Waals surface area contributed by atoms with Gasteiger partial charge in [-0.15, -0.1) is 0 Å². The first-order valence-corrected chi connectivity index (χ1v) is 7.03. The van der Waals surface area contributed by atoms with Crippen molar-refractivity contribution in [2.45, 2.75) is 0 Å². The van der Waals surface area contributed by atoms with Crippen molar-refractivity contribution >= 4 is 46.5 Å². The second kappa shape index (κ2) is 5.32. The monoisotopic (exact) mass is 368 g/mol. The Morgan fingerprint density at radius 1 is 1.12 bits per heavy atom. The molecule has 2 amide bonds. The highest BCUT2D eigenvalue weighted by Crippen LogP contribution is 2.35. The molecule has 0 atom stereocenters. The van der Waals surface area contributed by atoms with Crippen LogP contribution in [0.4, 0.5) is 11.5 Å². The largest absolute Gasteiger partial charge is 0.384 e. The summed E-state index contributed by atoms with van der Waals surface area (Å²) in [6, 6.07) is 3.05. The summed E-state index contributed by atoms with van der Waals surface area (Å²) >= 11 is 11.8. The SMILES string of the molecule is Nc1c2c(cc(=O)n1-c1c(Cl)cc(Cl)cc1[N+](=O)[O-])C(=O)NC2=O. The lowest BCUT2D eigenvalue weighted by molar-refractivity contribution is -0.384. The molecule has 0 saturated carbocycles. The lowest BCUT2D eigenvalue weighted by Gasteiger charge is -2.13. The quantitative estimate of drug-likeness (QED) is 0.468. The lowest BCUT2D eigenvalue weighted by atomic mass is 10.1. The summed E-state index contributed by atoms with van der Waals surface area (Å²) in [4.78, 5) is 46.3. The molecular formula is C13H6Cl2N4O5. The fourth-order valence-corrected chi connectivity index (χ4v) is 2.99. The van der Waals surface area contributed by atoms with Crippen LogP contribution in [0.2, 0.25) is 10.0 Å². The van der Waals surface area contributed by atoms with Crippen LogP contribution in [0.1, 0.15) is 20.7 Å². The van der Waals surface area contributed by atoms with Crippen LogP contribution in [0.3, 0.4) is 0 Å². The average molecular weight is 369 g/mol. The van der Waals surface area contributed by atoms with Crippen LogP contribution in [0.15, 0.2) is 23.0 Å². The molecule has 0 bridgehead atoms. The summed E-state index contributed by atoms with van der Waals surface area (Å²) < 4.78 is 0.702. The Hall–Kier alpha value is -2.91. The van der Waals surface area contributed by atoms with Crippen molar-refractivity contribution in [1.82, 2.24) is 9.88 Å². The third-order valence-corrected chi connectivity index (χ3v) is 3.89. The third kappa shape index (κ3) is 2.22. The Bertz CT molecular complexity index is 1010. The Labute approximate surface area is 142 Å². The smallest absolute Gasteiger partial charge is 0.296 e. The number of halogens is 2. The summed E-state index contributed by atoms with van der Waals surface area (Å²) in [6.07, 6.45) is 0. The molecule has 0 aliphatic carbocycles. The molecular weight excluding hydrogens is 363 g/mol. The van der Waals surface area contributed by atoms with Gasteiger partial charge in [0.05, 0.1) is 21.1 Å². The van der Waals surface area contributed by atoms with Crippen molar-refractivity contribution in [3.63, 3.8) is 0 Å². The maximum atomic E-state index is 12.3. The van der Waals surface area contributed by atoms with Gasteiger partial charge < -0.3 is 5.73 Å². The highest BCUT2D eigenvalue weighted by molar-refractivity contribution is 6.36. The molecule has 24 heavy (non-hydrogen) atoms.